The molecule has 1 heterocycles. The number of nitrogens with one attached hydrogen (secondary N) is 2. The Hall–Kier alpha value is -1.30. The molecule has 0 radical (unpaired) electrons. The zero-order valence-corrected chi connectivity index (χ0v) is 15.7. The van der Waals surface area contributed by atoms with Crippen LogP contribution in [-0.4, -0.2) is 42.9 Å². The summed E-state index contributed by atoms with van der Waals surface area (Å²) in [6.45, 7) is 3.46. The van der Waals surface area contributed by atoms with Crippen molar-refractivity contribution in [3.8, 4) is 0 Å². The second-order valence-corrected chi connectivity index (χ2v) is 6.35. The van der Waals surface area contributed by atoms with Crippen molar-refractivity contribution in [3.63, 3.8) is 0 Å². The maximum atomic E-state index is 12.7. The number of benzene rings is 1. The monoisotopic (exact) mass is 373 g/mol. The molecule has 2 amide bonds. The third kappa shape index (κ3) is 5.36. The van der Waals surface area contributed by atoms with Gasteiger partial charge in [0.25, 0.3) is 5.91 Å². The number of nitrogens with zero attached hydrogens (tertiary/aromatic N) is 1. The molecule has 1 atom stereocenters. The van der Waals surface area contributed by atoms with E-state index in [4.69, 9.17) is 11.6 Å². The van der Waals surface area contributed by atoms with Gasteiger partial charge in [-0.2, -0.15) is 0 Å². The highest BCUT2D eigenvalue weighted by atomic mass is 35.5. The zero-order valence-electron chi connectivity index (χ0n) is 14.1. The van der Waals surface area contributed by atoms with Gasteiger partial charge in [0, 0.05) is 31.2 Å². The second kappa shape index (κ2) is 9.87. The van der Waals surface area contributed by atoms with Crippen molar-refractivity contribution in [2.24, 2.45) is 0 Å². The van der Waals surface area contributed by atoms with Crippen molar-refractivity contribution < 1.29 is 9.59 Å². The van der Waals surface area contributed by atoms with Crippen LogP contribution in [0, 0.1) is 0 Å². The molecule has 0 bridgehead atoms. The van der Waals surface area contributed by atoms with Crippen LogP contribution in [-0.2, 0) is 4.79 Å². The van der Waals surface area contributed by atoms with Crippen LogP contribution in [0.3, 0.4) is 0 Å². The van der Waals surface area contributed by atoms with Crippen LogP contribution in [0.4, 0.5) is 5.69 Å². The number of halogens is 2. The van der Waals surface area contributed by atoms with E-state index in [0.717, 1.165) is 25.8 Å². The summed E-state index contributed by atoms with van der Waals surface area (Å²) >= 11 is 6.27. The summed E-state index contributed by atoms with van der Waals surface area (Å²) in [4.78, 5) is 26.3. The molecule has 1 saturated heterocycles. The minimum absolute atomic E-state index is 0. The summed E-state index contributed by atoms with van der Waals surface area (Å²) < 4.78 is 0. The lowest BCUT2D eigenvalue weighted by Crippen LogP contribution is -2.42. The predicted molar refractivity (Wildman–Crippen MR) is 100 cm³/mol. The lowest BCUT2D eigenvalue weighted by molar-refractivity contribution is -0.116. The number of carbonyl (C=O) groups excluding carboxylic acids is 2. The van der Waals surface area contributed by atoms with Crippen LogP contribution in [0.5, 0.6) is 0 Å². The van der Waals surface area contributed by atoms with Gasteiger partial charge in [-0.3, -0.25) is 9.59 Å². The Morgan fingerprint density at radius 3 is 2.71 bits per heavy atom. The minimum atomic E-state index is -0.0841. The first-order valence-corrected chi connectivity index (χ1v) is 8.45. The Kier molecular flexibility index (Phi) is 8.53. The first-order valence-electron chi connectivity index (χ1n) is 8.08. The van der Waals surface area contributed by atoms with Gasteiger partial charge < -0.3 is 15.5 Å². The molecular formula is C17H25Cl2N3O2. The number of carbonyl (C=O) groups is 2. The van der Waals surface area contributed by atoms with E-state index in [9.17, 15) is 9.59 Å². The minimum Gasteiger partial charge on any atom is -0.336 e. The van der Waals surface area contributed by atoms with E-state index >= 15 is 0 Å². The summed E-state index contributed by atoms with van der Waals surface area (Å²) in [6.07, 6.45) is 3.62. The average Bonchev–Trinajstić information content (AvgIpc) is 2.53. The van der Waals surface area contributed by atoms with Gasteiger partial charge in [-0.15, -0.1) is 12.4 Å². The fraction of sp³-hybridized carbons (Fsp3) is 0.529. The zero-order chi connectivity index (χ0) is 16.8. The molecule has 24 heavy (non-hydrogen) atoms. The van der Waals surface area contributed by atoms with Crippen molar-refractivity contribution in [3.05, 3.63) is 28.8 Å². The molecule has 0 aromatic heterocycles. The Balaban J connectivity index is 0.00000288. The first kappa shape index (κ1) is 20.7. The number of likely N-dealkylation sites (tertiary alicyclic amines) is 1. The highest BCUT2D eigenvalue weighted by Gasteiger charge is 2.25. The Labute approximate surface area is 154 Å². The second-order valence-electron chi connectivity index (χ2n) is 5.94. The largest absolute Gasteiger partial charge is 0.336 e. The predicted octanol–water partition coefficient (Wildman–Crippen LogP) is 3.32. The molecule has 0 aliphatic carbocycles. The molecule has 2 N–H and O–H groups in total. The van der Waals surface area contributed by atoms with Crippen molar-refractivity contribution in [2.45, 2.75) is 38.6 Å². The summed E-state index contributed by atoms with van der Waals surface area (Å²) in [7, 11) is 1.80. The number of rotatable bonds is 5. The molecular weight excluding hydrogens is 349 g/mol. The molecule has 1 aliphatic heterocycles. The fourth-order valence-electron chi connectivity index (χ4n) is 2.78. The van der Waals surface area contributed by atoms with Crippen molar-refractivity contribution in [1.82, 2.24) is 10.2 Å². The number of hydrogen-bond acceptors (Lipinski definition) is 3. The van der Waals surface area contributed by atoms with E-state index in [0.29, 0.717) is 29.2 Å². The summed E-state index contributed by atoms with van der Waals surface area (Å²) in [5.41, 5.74) is 1.10. The van der Waals surface area contributed by atoms with E-state index in [1.807, 2.05) is 4.90 Å². The van der Waals surface area contributed by atoms with Crippen molar-refractivity contribution in [2.75, 3.05) is 25.5 Å². The van der Waals surface area contributed by atoms with Crippen LogP contribution in [0.15, 0.2) is 18.2 Å². The Morgan fingerprint density at radius 1 is 1.33 bits per heavy atom. The number of anilines is 1. The summed E-state index contributed by atoms with van der Waals surface area (Å²) in [6, 6.07) is 5.30. The van der Waals surface area contributed by atoms with Gasteiger partial charge in [0.15, 0.2) is 0 Å². The van der Waals surface area contributed by atoms with Crippen molar-refractivity contribution in [1.29, 1.82) is 0 Å². The third-order valence-corrected chi connectivity index (χ3v) is 4.46. The molecule has 2 rings (SSSR count). The average molecular weight is 374 g/mol. The topological polar surface area (TPSA) is 61.4 Å². The van der Waals surface area contributed by atoms with Gasteiger partial charge >= 0.3 is 0 Å². The number of amides is 2. The van der Waals surface area contributed by atoms with Crippen LogP contribution in [0.25, 0.3) is 0 Å². The van der Waals surface area contributed by atoms with E-state index < -0.39 is 0 Å². The molecule has 0 saturated carbocycles. The quantitative estimate of drug-likeness (QED) is 0.831. The molecule has 7 heteroatoms. The highest BCUT2D eigenvalue weighted by molar-refractivity contribution is 6.34. The molecule has 134 valence electrons. The molecule has 0 spiro atoms. The SMILES string of the molecule is CNCCC(=O)Nc1ccc(C(=O)N2CCCCC2C)c(Cl)c1.Cl. The fourth-order valence-corrected chi connectivity index (χ4v) is 3.04. The van der Waals surface area contributed by atoms with Crippen LogP contribution >= 0.6 is 24.0 Å². The standard InChI is InChI=1S/C17H24ClN3O2.ClH/c1-12-5-3-4-10-21(12)17(23)14-7-6-13(11-15(14)18)20-16(22)8-9-19-2;/h6-7,11-12,19H,3-5,8-10H2,1-2H3,(H,20,22);1H. The molecule has 1 fully saturated rings. The van der Waals surface area contributed by atoms with Gasteiger partial charge in [0.05, 0.1) is 10.6 Å². The third-order valence-electron chi connectivity index (χ3n) is 4.15. The lowest BCUT2D eigenvalue weighted by Gasteiger charge is -2.33. The maximum absolute atomic E-state index is 12.7. The summed E-state index contributed by atoms with van der Waals surface area (Å²) in [5.74, 6) is -0.116. The molecule has 1 aliphatic rings. The highest BCUT2D eigenvalue weighted by Crippen LogP contribution is 2.25. The van der Waals surface area contributed by atoms with Gasteiger partial charge in [0.1, 0.15) is 0 Å². The van der Waals surface area contributed by atoms with E-state index in [1.54, 1.807) is 25.2 Å². The van der Waals surface area contributed by atoms with E-state index in [-0.39, 0.29) is 30.3 Å². The maximum Gasteiger partial charge on any atom is 0.255 e. The smallest absolute Gasteiger partial charge is 0.255 e. The lowest BCUT2D eigenvalue weighted by atomic mass is 10.0. The first-order chi connectivity index (χ1) is 11.0. The van der Waals surface area contributed by atoms with Gasteiger partial charge in [-0.1, -0.05) is 11.6 Å². The molecule has 1 aromatic rings. The van der Waals surface area contributed by atoms with E-state index in [2.05, 4.69) is 17.6 Å². The van der Waals surface area contributed by atoms with Crippen LogP contribution < -0.4 is 10.6 Å². The number of hydrogen-bond donors (Lipinski definition) is 2. The number of piperidine rings is 1. The van der Waals surface area contributed by atoms with Crippen LogP contribution in [0.1, 0.15) is 43.0 Å². The van der Waals surface area contributed by atoms with Gasteiger partial charge in [-0.25, -0.2) is 0 Å². The van der Waals surface area contributed by atoms with E-state index in [1.165, 1.54) is 0 Å². The normalized spacial score (nSPS) is 17.1. The molecule has 1 aromatic carbocycles. The van der Waals surface area contributed by atoms with Gasteiger partial charge in [-0.05, 0) is 51.4 Å². The Bertz CT molecular complexity index is 581. The molecule has 1 unspecified atom stereocenters. The van der Waals surface area contributed by atoms with Crippen LogP contribution in [0.2, 0.25) is 5.02 Å². The molecule has 5 nitrogen and oxygen atoms in total. The summed E-state index contributed by atoms with van der Waals surface area (Å²) in [5, 5.41) is 6.08. The van der Waals surface area contributed by atoms with Gasteiger partial charge in [0.2, 0.25) is 5.91 Å². The Morgan fingerprint density at radius 2 is 2.08 bits per heavy atom. The van der Waals surface area contributed by atoms with Crippen molar-refractivity contribution >= 4 is 41.5 Å².